The molecule has 1 heterocycles. The van der Waals surface area contributed by atoms with E-state index in [4.69, 9.17) is 4.98 Å². The minimum absolute atomic E-state index is 1.03. The Kier molecular flexibility index (Phi) is 5.71. The van der Waals surface area contributed by atoms with Gasteiger partial charge in [-0.05, 0) is 60.4 Å². The average Bonchev–Trinajstić information content (AvgIpc) is 2.82. The summed E-state index contributed by atoms with van der Waals surface area (Å²) in [4.78, 5) is 5.15. The van der Waals surface area contributed by atoms with Crippen molar-refractivity contribution in [1.29, 1.82) is 0 Å². The van der Waals surface area contributed by atoms with Crippen molar-refractivity contribution in [2.24, 2.45) is 0 Å². The van der Waals surface area contributed by atoms with Crippen LogP contribution >= 0.6 is 0 Å². The molecule has 168 valence electrons. The highest BCUT2D eigenvalue weighted by molar-refractivity contribution is 6.88. The van der Waals surface area contributed by atoms with Crippen LogP contribution < -0.4 is 5.19 Å². The first-order valence-electron chi connectivity index (χ1n) is 12.0. The summed E-state index contributed by atoms with van der Waals surface area (Å²) in [7, 11) is -1.47. The summed E-state index contributed by atoms with van der Waals surface area (Å²) >= 11 is 0. The van der Waals surface area contributed by atoms with Crippen LogP contribution in [0.25, 0.3) is 44.4 Å². The van der Waals surface area contributed by atoms with Crippen molar-refractivity contribution in [3.63, 3.8) is 0 Å². The lowest BCUT2D eigenvalue weighted by Gasteiger charge is -2.19. The van der Waals surface area contributed by atoms with Gasteiger partial charge in [0.15, 0.2) is 0 Å². The zero-order valence-corrected chi connectivity index (χ0v) is 21.7. The van der Waals surface area contributed by atoms with Crippen LogP contribution in [0.2, 0.25) is 19.6 Å². The maximum absolute atomic E-state index is 5.15. The van der Waals surface area contributed by atoms with E-state index in [0.717, 1.165) is 11.2 Å². The molecule has 0 spiro atoms. The fourth-order valence-corrected chi connectivity index (χ4v) is 5.93. The van der Waals surface area contributed by atoms with Crippen LogP contribution in [0, 0.1) is 13.8 Å². The molecule has 0 unspecified atom stereocenters. The fourth-order valence-electron chi connectivity index (χ4n) is 4.77. The highest BCUT2D eigenvalue weighted by Crippen LogP contribution is 2.38. The Labute approximate surface area is 204 Å². The largest absolute Gasteiger partial charge is 0.248 e. The molecule has 1 nitrogen and oxygen atoms in total. The molecule has 4 aromatic carbocycles. The second kappa shape index (κ2) is 8.70. The molecule has 0 bridgehead atoms. The van der Waals surface area contributed by atoms with Crippen molar-refractivity contribution in [3.8, 4) is 33.5 Å². The first kappa shape index (κ1) is 22.3. The molecule has 2 heteroatoms. The fraction of sp³-hybridized carbons (Fsp3) is 0.156. The molecule has 0 saturated heterocycles. The molecule has 34 heavy (non-hydrogen) atoms. The Hall–Kier alpha value is -3.49. The zero-order chi connectivity index (χ0) is 23.9. The highest BCUT2D eigenvalue weighted by atomic mass is 28.3. The molecule has 0 atom stereocenters. The molecule has 0 radical (unpaired) electrons. The molecular formula is C32H31NSi. The van der Waals surface area contributed by atoms with Crippen LogP contribution in [-0.2, 0) is 0 Å². The van der Waals surface area contributed by atoms with Crippen molar-refractivity contribution in [1.82, 2.24) is 4.98 Å². The minimum atomic E-state index is -1.47. The van der Waals surface area contributed by atoms with E-state index < -0.39 is 8.07 Å². The molecule has 5 aromatic rings. The lowest BCUT2D eigenvalue weighted by molar-refractivity contribution is 1.34. The van der Waals surface area contributed by atoms with Gasteiger partial charge in [-0.3, -0.25) is 0 Å². The summed E-state index contributed by atoms with van der Waals surface area (Å²) in [5, 5.41) is 2.69. The van der Waals surface area contributed by atoms with Crippen molar-refractivity contribution in [2.45, 2.75) is 33.5 Å². The molecular weight excluding hydrogens is 426 g/mol. The SMILES string of the molecule is Cc1cc(C)cc(-c2cc(-c3ccccc3-c3ccccc3)c3cc([Si](C)(C)C)ccc3n2)c1. The van der Waals surface area contributed by atoms with Gasteiger partial charge in [0.1, 0.15) is 0 Å². The number of rotatable bonds is 4. The first-order chi connectivity index (χ1) is 16.3. The van der Waals surface area contributed by atoms with E-state index in [-0.39, 0.29) is 0 Å². The van der Waals surface area contributed by atoms with Crippen molar-refractivity contribution >= 4 is 24.2 Å². The van der Waals surface area contributed by atoms with E-state index >= 15 is 0 Å². The monoisotopic (exact) mass is 457 g/mol. The zero-order valence-electron chi connectivity index (χ0n) is 20.7. The third-order valence-electron chi connectivity index (χ3n) is 6.49. The summed E-state index contributed by atoms with van der Waals surface area (Å²) in [6.07, 6.45) is 0. The molecule has 0 N–H and O–H groups in total. The number of aromatic nitrogens is 1. The van der Waals surface area contributed by atoms with E-state index in [0.29, 0.717) is 0 Å². The third kappa shape index (κ3) is 4.34. The van der Waals surface area contributed by atoms with Gasteiger partial charge in [0.05, 0.1) is 19.3 Å². The second-order valence-corrected chi connectivity index (χ2v) is 15.4. The maximum atomic E-state index is 5.15. The van der Waals surface area contributed by atoms with E-state index in [1.807, 2.05) is 0 Å². The Morgan fingerprint density at radius 2 is 1.21 bits per heavy atom. The summed E-state index contributed by atoms with van der Waals surface area (Å²) in [6, 6.07) is 35.4. The van der Waals surface area contributed by atoms with Gasteiger partial charge in [0, 0.05) is 10.9 Å². The van der Waals surface area contributed by atoms with Crippen molar-refractivity contribution in [3.05, 3.63) is 108 Å². The number of fused-ring (bicyclic) bond motifs is 1. The molecule has 0 saturated carbocycles. The average molecular weight is 458 g/mol. The van der Waals surface area contributed by atoms with Gasteiger partial charge in [-0.1, -0.05) is 109 Å². The minimum Gasteiger partial charge on any atom is -0.248 e. The normalized spacial score (nSPS) is 11.7. The lowest BCUT2D eigenvalue weighted by atomic mass is 9.91. The van der Waals surface area contributed by atoms with E-state index in [2.05, 4.69) is 131 Å². The summed E-state index contributed by atoms with van der Waals surface area (Å²) < 4.78 is 0. The number of aryl methyl sites for hydroxylation is 2. The molecule has 0 aliphatic heterocycles. The number of benzene rings is 4. The van der Waals surface area contributed by atoms with Gasteiger partial charge in [-0.2, -0.15) is 0 Å². The van der Waals surface area contributed by atoms with E-state index in [1.54, 1.807) is 0 Å². The standard InChI is InChI=1S/C32H31NSi/c1-22-17-23(2)19-25(18-22)32-21-29(30-20-26(34(3,4)5)15-16-31(30)33-32)28-14-10-9-13-27(28)24-11-7-6-8-12-24/h6-21H,1-5H3. The molecule has 0 amide bonds. The van der Waals surface area contributed by atoms with Gasteiger partial charge in [0.25, 0.3) is 0 Å². The molecule has 1 aromatic heterocycles. The van der Waals surface area contributed by atoms with Crippen LogP contribution in [0.3, 0.4) is 0 Å². The lowest BCUT2D eigenvalue weighted by Crippen LogP contribution is -2.37. The summed E-state index contributed by atoms with van der Waals surface area (Å²) in [5.41, 5.74) is 10.8. The Bertz CT molecular complexity index is 1470. The maximum Gasteiger partial charge on any atom is 0.0776 e. The van der Waals surface area contributed by atoms with Crippen LogP contribution in [-0.4, -0.2) is 13.1 Å². The quantitative estimate of drug-likeness (QED) is 0.247. The Morgan fingerprint density at radius 3 is 1.88 bits per heavy atom. The predicted molar refractivity (Wildman–Crippen MR) is 151 cm³/mol. The van der Waals surface area contributed by atoms with E-state index in [9.17, 15) is 0 Å². The topological polar surface area (TPSA) is 12.9 Å². The third-order valence-corrected chi connectivity index (χ3v) is 8.54. The van der Waals surface area contributed by atoms with Crippen LogP contribution in [0.15, 0.2) is 97.1 Å². The molecule has 5 rings (SSSR count). The smallest absolute Gasteiger partial charge is 0.0776 e. The van der Waals surface area contributed by atoms with Crippen LogP contribution in [0.5, 0.6) is 0 Å². The first-order valence-corrected chi connectivity index (χ1v) is 15.5. The Balaban J connectivity index is 1.84. The number of hydrogen-bond acceptors (Lipinski definition) is 1. The van der Waals surface area contributed by atoms with Gasteiger partial charge in [0.2, 0.25) is 0 Å². The summed E-state index contributed by atoms with van der Waals surface area (Å²) in [5.74, 6) is 0. The van der Waals surface area contributed by atoms with Crippen LogP contribution in [0.4, 0.5) is 0 Å². The van der Waals surface area contributed by atoms with Gasteiger partial charge in [-0.15, -0.1) is 0 Å². The summed E-state index contributed by atoms with van der Waals surface area (Å²) in [6.45, 7) is 11.5. The second-order valence-electron chi connectivity index (χ2n) is 10.3. The van der Waals surface area contributed by atoms with Gasteiger partial charge >= 0.3 is 0 Å². The highest BCUT2D eigenvalue weighted by Gasteiger charge is 2.19. The molecule has 0 aliphatic carbocycles. The van der Waals surface area contributed by atoms with Gasteiger partial charge in [-0.25, -0.2) is 4.98 Å². The van der Waals surface area contributed by atoms with E-state index in [1.165, 1.54) is 49.5 Å². The van der Waals surface area contributed by atoms with Gasteiger partial charge < -0.3 is 0 Å². The molecule has 0 aliphatic rings. The number of pyridine rings is 1. The number of nitrogens with zero attached hydrogens (tertiary/aromatic N) is 1. The van der Waals surface area contributed by atoms with Crippen molar-refractivity contribution < 1.29 is 0 Å². The van der Waals surface area contributed by atoms with Crippen molar-refractivity contribution in [2.75, 3.05) is 0 Å². The van der Waals surface area contributed by atoms with Crippen LogP contribution in [0.1, 0.15) is 11.1 Å². The predicted octanol–water partition coefficient (Wildman–Crippen LogP) is 8.40. The Morgan fingerprint density at radius 1 is 0.559 bits per heavy atom. The molecule has 0 fully saturated rings. The number of hydrogen-bond donors (Lipinski definition) is 0.